The Hall–Kier alpha value is -0.340. The van der Waals surface area contributed by atoms with Gasteiger partial charge in [0.25, 0.3) is 0 Å². The van der Waals surface area contributed by atoms with Crippen LogP contribution in [0.4, 0.5) is 0 Å². The zero-order valence-electron chi connectivity index (χ0n) is 11.1. The van der Waals surface area contributed by atoms with E-state index < -0.39 is 0 Å². The topological polar surface area (TPSA) is 9.23 Å². The molecular formula is C16H23BrO. The lowest BCUT2D eigenvalue weighted by Crippen LogP contribution is -2.26. The average Bonchev–Trinajstić information content (AvgIpc) is 2.59. The lowest BCUT2D eigenvalue weighted by molar-refractivity contribution is -0.0101. The second-order valence-corrected chi connectivity index (χ2v) is 6.35. The Kier molecular flexibility index (Phi) is 5.71. The van der Waals surface area contributed by atoms with Crippen molar-refractivity contribution >= 4 is 15.9 Å². The van der Waals surface area contributed by atoms with E-state index in [1.54, 1.807) is 0 Å². The molecule has 1 heterocycles. The van der Waals surface area contributed by atoms with Gasteiger partial charge in [0.05, 0.1) is 12.2 Å². The van der Waals surface area contributed by atoms with E-state index in [9.17, 15) is 0 Å². The molecule has 0 N–H and O–H groups in total. The molecule has 1 nitrogen and oxygen atoms in total. The molecule has 1 aromatic carbocycles. The molecule has 1 fully saturated rings. The number of alkyl halides is 1. The van der Waals surface area contributed by atoms with E-state index in [2.05, 4.69) is 53.2 Å². The molecule has 1 saturated heterocycles. The first-order valence-electron chi connectivity index (χ1n) is 7.13. The number of hydrogen-bond acceptors (Lipinski definition) is 1. The lowest BCUT2D eigenvalue weighted by Gasteiger charge is -2.23. The second kappa shape index (κ2) is 7.30. The van der Waals surface area contributed by atoms with E-state index >= 15 is 0 Å². The maximum absolute atomic E-state index is 6.25. The molecule has 0 radical (unpaired) electrons. The number of aryl methyl sites for hydroxylation is 1. The van der Waals surface area contributed by atoms with Gasteiger partial charge in [-0.05, 0) is 44.1 Å². The van der Waals surface area contributed by atoms with Gasteiger partial charge >= 0.3 is 0 Å². The molecular weight excluding hydrogens is 288 g/mol. The first-order valence-corrected chi connectivity index (χ1v) is 8.04. The molecule has 0 unspecified atom stereocenters. The number of ether oxygens (including phenoxy) is 1. The van der Waals surface area contributed by atoms with E-state index in [1.807, 2.05) is 0 Å². The van der Waals surface area contributed by atoms with Gasteiger partial charge < -0.3 is 4.74 Å². The van der Waals surface area contributed by atoms with Crippen LogP contribution >= 0.6 is 15.9 Å². The van der Waals surface area contributed by atoms with E-state index in [0.717, 1.165) is 19.3 Å². The van der Waals surface area contributed by atoms with Crippen molar-refractivity contribution in [3.63, 3.8) is 0 Å². The fraction of sp³-hybridized carbons (Fsp3) is 0.625. The van der Waals surface area contributed by atoms with Crippen LogP contribution in [0.15, 0.2) is 30.3 Å². The van der Waals surface area contributed by atoms with Crippen LogP contribution in [0.2, 0.25) is 0 Å². The molecule has 0 spiro atoms. The molecule has 0 bridgehead atoms. The van der Waals surface area contributed by atoms with E-state index in [4.69, 9.17) is 4.74 Å². The Bertz CT molecular complexity index is 338. The van der Waals surface area contributed by atoms with Crippen molar-refractivity contribution in [1.29, 1.82) is 0 Å². The molecule has 3 atom stereocenters. The smallest absolute Gasteiger partial charge is 0.0701 e. The van der Waals surface area contributed by atoms with Crippen molar-refractivity contribution in [1.82, 2.24) is 0 Å². The summed E-state index contributed by atoms with van der Waals surface area (Å²) in [6.07, 6.45) is 7.98. The number of benzene rings is 1. The van der Waals surface area contributed by atoms with Gasteiger partial charge in [-0.15, -0.1) is 0 Å². The van der Waals surface area contributed by atoms with Gasteiger partial charge in [-0.25, -0.2) is 0 Å². The zero-order valence-corrected chi connectivity index (χ0v) is 12.7. The maximum atomic E-state index is 6.25. The Morgan fingerprint density at radius 1 is 1.22 bits per heavy atom. The summed E-state index contributed by atoms with van der Waals surface area (Å²) in [5.41, 5.74) is 1.42. The summed E-state index contributed by atoms with van der Waals surface area (Å²) in [7, 11) is 0. The quantitative estimate of drug-likeness (QED) is 0.730. The number of hydrogen-bond donors (Lipinski definition) is 0. The van der Waals surface area contributed by atoms with E-state index in [-0.39, 0.29) is 0 Å². The molecule has 2 rings (SSSR count). The normalized spacial score (nSPS) is 28.9. The van der Waals surface area contributed by atoms with Crippen molar-refractivity contribution in [2.24, 2.45) is 0 Å². The van der Waals surface area contributed by atoms with Crippen LogP contribution in [0.25, 0.3) is 0 Å². The van der Waals surface area contributed by atoms with Crippen molar-refractivity contribution in [3.05, 3.63) is 35.9 Å². The fourth-order valence-corrected chi connectivity index (χ4v) is 3.49. The molecule has 100 valence electrons. The predicted octanol–water partition coefficient (Wildman–Crippen LogP) is 4.73. The van der Waals surface area contributed by atoms with Crippen molar-refractivity contribution < 1.29 is 4.74 Å². The van der Waals surface area contributed by atoms with Crippen LogP contribution in [0.5, 0.6) is 0 Å². The average molecular weight is 311 g/mol. The largest absolute Gasteiger partial charge is 0.374 e. The third-order valence-electron chi connectivity index (χ3n) is 3.78. The zero-order chi connectivity index (χ0) is 12.8. The van der Waals surface area contributed by atoms with Gasteiger partial charge in [0.1, 0.15) is 0 Å². The standard InChI is InChI=1S/C16H23BrO/c1-2-16-15(17)10-6-9-14(18-16)12-11-13-7-4-3-5-8-13/h3-5,7-8,14-16H,2,6,9-12H2,1H3/t14-,15+,16+/m1/s1. The number of rotatable bonds is 4. The summed E-state index contributed by atoms with van der Waals surface area (Å²) in [6, 6.07) is 10.7. The molecule has 0 saturated carbocycles. The summed E-state index contributed by atoms with van der Waals surface area (Å²) in [5.74, 6) is 0. The molecule has 2 heteroatoms. The van der Waals surface area contributed by atoms with Crippen LogP contribution in [0.1, 0.15) is 44.6 Å². The van der Waals surface area contributed by atoms with Crippen molar-refractivity contribution in [2.75, 3.05) is 0 Å². The minimum absolute atomic E-state index is 0.397. The third-order valence-corrected chi connectivity index (χ3v) is 4.82. The second-order valence-electron chi connectivity index (χ2n) is 5.18. The highest BCUT2D eigenvalue weighted by Crippen LogP contribution is 2.28. The van der Waals surface area contributed by atoms with Gasteiger partial charge in [0, 0.05) is 4.83 Å². The Morgan fingerprint density at radius 2 is 2.00 bits per heavy atom. The highest BCUT2D eigenvalue weighted by molar-refractivity contribution is 9.09. The molecule has 1 aliphatic heterocycles. The summed E-state index contributed by atoms with van der Waals surface area (Å²) in [6.45, 7) is 2.22. The maximum Gasteiger partial charge on any atom is 0.0701 e. The summed E-state index contributed by atoms with van der Waals surface area (Å²) in [4.78, 5) is 0.546. The molecule has 0 aliphatic carbocycles. The van der Waals surface area contributed by atoms with E-state index in [0.29, 0.717) is 17.0 Å². The fourth-order valence-electron chi connectivity index (χ4n) is 2.66. The van der Waals surface area contributed by atoms with Gasteiger partial charge in [-0.2, -0.15) is 0 Å². The minimum Gasteiger partial charge on any atom is -0.374 e. The molecule has 0 aromatic heterocycles. The Balaban J connectivity index is 1.85. The molecule has 1 aromatic rings. The third kappa shape index (κ3) is 4.10. The minimum atomic E-state index is 0.397. The van der Waals surface area contributed by atoms with Gasteiger partial charge in [-0.3, -0.25) is 0 Å². The number of halogens is 1. The van der Waals surface area contributed by atoms with Crippen molar-refractivity contribution in [2.45, 2.75) is 62.5 Å². The van der Waals surface area contributed by atoms with Crippen LogP contribution in [-0.2, 0) is 11.2 Å². The predicted molar refractivity (Wildman–Crippen MR) is 80.3 cm³/mol. The van der Waals surface area contributed by atoms with Crippen LogP contribution < -0.4 is 0 Å². The summed E-state index contributed by atoms with van der Waals surface area (Å²) < 4.78 is 6.25. The molecule has 18 heavy (non-hydrogen) atoms. The van der Waals surface area contributed by atoms with Crippen LogP contribution in [0, 0.1) is 0 Å². The summed E-state index contributed by atoms with van der Waals surface area (Å²) >= 11 is 3.76. The van der Waals surface area contributed by atoms with Gasteiger partial charge in [-0.1, -0.05) is 53.2 Å². The van der Waals surface area contributed by atoms with Crippen molar-refractivity contribution in [3.8, 4) is 0 Å². The molecule has 0 amide bonds. The first-order chi connectivity index (χ1) is 8.79. The SMILES string of the molecule is CC[C@@H]1O[C@@H](CCc2ccccc2)CCC[C@@H]1Br. The Morgan fingerprint density at radius 3 is 2.72 bits per heavy atom. The highest BCUT2D eigenvalue weighted by Gasteiger charge is 2.25. The summed E-state index contributed by atoms with van der Waals surface area (Å²) in [5, 5.41) is 0. The van der Waals surface area contributed by atoms with Crippen LogP contribution in [0.3, 0.4) is 0 Å². The lowest BCUT2D eigenvalue weighted by atomic mass is 10.0. The van der Waals surface area contributed by atoms with E-state index in [1.165, 1.54) is 24.8 Å². The van der Waals surface area contributed by atoms with Gasteiger partial charge in [0.2, 0.25) is 0 Å². The molecule has 1 aliphatic rings. The van der Waals surface area contributed by atoms with Gasteiger partial charge in [0.15, 0.2) is 0 Å². The monoisotopic (exact) mass is 310 g/mol. The Labute approximate surface area is 119 Å². The first kappa shape index (κ1) is 14.1. The highest BCUT2D eigenvalue weighted by atomic mass is 79.9. The van der Waals surface area contributed by atoms with Crippen LogP contribution in [-0.4, -0.2) is 17.0 Å².